The number of hydrogen-bond donors (Lipinski definition) is 0. The average Bonchev–Trinajstić information content (AvgIpc) is 3.28. The molecular weight excluding hydrogens is 356 g/mol. The molecule has 0 atom stereocenters. The minimum atomic E-state index is -0.209. The van der Waals surface area contributed by atoms with Crippen molar-refractivity contribution >= 4 is 5.91 Å². The Morgan fingerprint density at radius 2 is 2.00 bits per heavy atom. The predicted octanol–water partition coefficient (Wildman–Crippen LogP) is 3.67. The van der Waals surface area contributed by atoms with E-state index in [-0.39, 0.29) is 18.2 Å². The highest BCUT2D eigenvalue weighted by Crippen LogP contribution is 2.21. The quantitative estimate of drug-likeness (QED) is 0.623. The van der Waals surface area contributed by atoms with E-state index in [0.717, 1.165) is 23.6 Å². The van der Waals surface area contributed by atoms with Crippen LogP contribution in [0.1, 0.15) is 45.6 Å². The number of carbonyl (C=O) groups excluding carboxylic acids is 1. The molecule has 0 N–H and O–H groups in total. The molecule has 3 aromatic rings. The van der Waals surface area contributed by atoms with E-state index in [9.17, 15) is 4.79 Å². The van der Waals surface area contributed by atoms with Gasteiger partial charge in [0.25, 0.3) is 5.91 Å². The van der Waals surface area contributed by atoms with Crippen molar-refractivity contribution in [3.8, 4) is 5.75 Å². The van der Waals surface area contributed by atoms with Gasteiger partial charge in [0, 0.05) is 19.8 Å². The minimum Gasteiger partial charge on any atom is -0.489 e. The van der Waals surface area contributed by atoms with Crippen molar-refractivity contribution in [2.45, 2.75) is 47.4 Å². The van der Waals surface area contributed by atoms with Gasteiger partial charge >= 0.3 is 0 Å². The predicted molar refractivity (Wildman–Crippen MR) is 105 cm³/mol. The summed E-state index contributed by atoms with van der Waals surface area (Å²) in [5.74, 6) is 1.13. The molecule has 7 nitrogen and oxygen atoms in total. The Bertz CT molecular complexity index is 974. The number of hydrogen-bond acceptors (Lipinski definition) is 5. The van der Waals surface area contributed by atoms with E-state index < -0.39 is 0 Å². The molecule has 0 fully saturated rings. The van der Waals surface area contributed by atoms with Gasteiger partial charge in [-0.05, 0) is 57.0 Å². The summed E-state index contributed by atoms with van der Waals surface area (Å²) in [6.45, 7) is 9.31. The van der Waals surface area contributed by atoms with Crippen molar-refractivity contribution < 1.29 is 14.1 Å². The first kappa shape index (κ1) is 19.7. The standard InChI is InChI=1S/C21H26N4O3/c1-6-25-17(9-10-22-25)12-24(5)21(26)20-19(16(4)28-23-20)13-27-18-8-7-14(2)15(3)11-18/h7-11H,6,12-13H2,1-5H3. The number of aromatic nitrogens is 3. The van der Waals surface area contributed by atoms with Crippen LogP contribution in [-0.2, 0) is 19.7 Å². The van der Waals surface area contributed by atoms with Crippen LogP contribution in [0.2, 0.25) is 0 Å². The Hall–Kier alpha value is -3.09. The maximum absolute atomic E-state index is 12.9. The lowest BCUT2D eigenvalue weighted by molar-refractivity contribution is 0.0768. The number of amides is 1. The van der Waals surface area contributed by atoms with Crippen molar-refractivity contribution in [3.05, 3.63) is 64.3 Å². The Labute approximate surface area is 164 Å². The fourth-order valence-electron chi connectivity index (χ4n) is 2.96. The van der Waals surface area contributed by atoms with Gasteiger partial charge in [-0.25, -0.2) is 0 Å². The van der Waals surface area contributed by atoms with Crippen molar-refractivity contribution in [1.82, 2.24) is 19.8 Å². The van der Waals surface area contributed by atoms with E-state index >= 15 is 0 Å². The van der Waals surface area contributed by atoms with Gasteiger partial charge in [0.1, 0.15) is 18.1 Å². The van der Waals surface area contributed by atoms with E-state index in [1.54, 1.807) is 25.1 Å². The number of ether oxygens (including phenoxy) is 1. The topological polar surface area (TPSA) is 73.4 Å². The number of benzene rings is 1. The summed E-state index contributed by atoms with van der Waals surface area (Å²) in [6.07, 6.45) is 1.74. The molecule has 0 bridgehead atoms. The van der Waals surface area contributed by atoms with Crippen LogP contribution < -0.4 is 4.74 Å². The first-order valence-electron chi connectivity index (χ1n) is 9.32. The molecule has 0 saturated heterocycles. The summed E-state index contributed by atoms with van der Waals surface area (Å²) in [5, 5.41) is 8.23. The largest absolute Gasteiger partial charge is 0.489 e. The molecule has 0 unspecified atom stereocenters. The number of rotatable bonds is 7. The Morgan fingerprint density at radius 3 is 2.71 bits per heavy atom. The average molecular weight is 382 g/mol. The molecular formula is C21H26N4O3. The first-order valence-corrected chi connectivity index (χ1v) is 9.32. The Kier molecular flexibility index (Phi) is 5.82. The minimum absolute atomic E-state index is 0.209. The van der Waals surface area contributed by atoms with Crippen LogP contribution in [0.25, 0.3) is 0 Å². The van der Waals surface area contributed by atoms with Gasteiger partial charge in [-0.1, -0.05) is 11.2 Å². The lowest BCUT2D eigenvalue weighted by atomic mass is 10.1. The Morgan fingerprint density at radius 1 is 1.21 bits per heavy atom. The number of nitrogens with zero attached hydrogens (tertiary/aromatic N) is 4. The first-order chi connectivity index (χ1) is 13.4. The second kappa shape index (κ2) is 8.29. The van der Waals surface area contributed by atoms with Crippen LogP contribution in [-0.4, -0.2) is 32.8 Å². The molecule has 0 radical (unpaired) electrons. The van der Waals surface area contributed by atoms with Crippen LogP contribution in [0.5, 0.6) is 5.75 Å². The highest BCUT2D eigenvalue weighted by Gasteiger charge is 2.24. The summed E-state index contributed by atoms with van der Waals surface area (Å²) in [6, 6.07) is 7.83. The summed E-state index contributed by atoms with van der Waals surface area (Å²) in [7, 11) is 1.74. The molecule has 0 aliphatic carbocycles. The third kappa shape index (κ3) is 4.08. The molecule has 2 aromatic heterocycles. The van der Waals surface area contributed by atoms with E-state index in [4.69, 9.17) is 9.26 Å². The van der Waals surface area contributed by atoms with Crippen LogP contribution in [0.4, 0.5) is 0 Å². The summed E-state index contributed by atoms with van der Waals surface area (Å²) in [5.41, 5.74) is 4.28. The van der Waals surface area contributed by atoms with Gasteiger partial charge < -0.3 is 14.2 Å². The third-order valence-electron chi connectivity index (χ3n) is 4.90. The van der Waals surface area contributed by atoms with Crippen molar-refractivity contribution in [2.75, 3.05) is 7.05 Å². The molecule has 2 heterocycles. The second-order valence-electron chi connectivity index (χ2n) is 6.90. The second-order valence-corrected chi connectivity index (χ2v) is 6.90. The maximum atomic E-state index is 12.9. The van der Waals surface area contributed by atoms with E-state index in [2.05, 4.69) is 17.2 Å². The van der Waals surface area contributed by atoms with Crippen molar-refractivity contribution in [2.24, 2.45) is 0 Å². The summed E-state index contributed by atoms with van der Waals surface area (Å²) >= 11 is 0. The van der Waals surface area contributed by atoms with E-state index in [0.29, 0.717) is 17.9 Å². The molecule has 0 saturated carbocycles. The van der Waals surface area contributed by atoms with Crippen LogP contribution in [0.15, 0.2) is 35.0 Å². The van der Waals surface area contributed by atoms with Crippen LogP contribution in [0.3, 0.4) is 0 Å². The molecule has 3 rings (SSSR count). The van der Waals surface area contributed by atoms with Crippen molar-refractivity contribution in [3.63, 3.8) is 0 Å². The van der Waals surface area contributed by atoms with E-state index in [1.807, 2.05) is 42.8 Å². The fourth-order valence-corrected chi connectivity index (χ4v) is 2.96. The lowest BCUT2D eigenvalue weighted by Crippen LogP contribution is -2.28. The zero-order chi connectivity index (χ0) is 20.3. The lowest BCUT2D eigenvalue weighted by Gasteiger charge is -2.17. The monoisotopic (exact) mass is 382 g/mol. The van der Waals surface area contributed by atoms with Gasteiger partial charge in [0.2, 0.25) is 0 Å². The van der Waals surface area contributed by atoms with Crippen LogP contribution in [0, 0.1) is 20.8 Å². The zero-order valence-corrected chi connectivity index (χ0v) is 17.0. The Balaban J connectivity index is 1.73. The number of carbonyl (C=O) groups is 1. The maximum Gasteiger partial charge on any atom is 0.276 e. The highest BCUT2D eigenvalue weighted by atomic mass is 16.5. The van der Waals surface area contributed by atoms with Gasteiger partial charge in [0.15, 0.2) is 5.69 Å². The van der Waals surface area contributed by atoms with Crippen molar-refractivity contribution in [1.29, 1.82) is 0 Å². The van der Waals surface area contributed by atoms with E-state index in [1.165, 1.54) is 5.56 Å². The third-order valence-corrected chi connectivity index (χ3v) is 4.90. The van der Waals surface area contributed by atoms with Crippen LogP contribution >= 0.6 is 0 Å². The molecule has 1 amide bonds. The molecule has 0 spiro atoms. The summed E-state index contributed by atoms with van der Waals surface area (Å²) in [4.78, 5) is 14.5. The SMILES string of the molecule is CCn1nccc1CN(C)C(=O)c1noc(C)c1COc1ccc(C)c(C)c1. The summed E-state index contributed by atoms with van der Waals surface area (Å²) < 4.78 is 13.0. The molecule has 148 valence electrons. The zero-order valence-electron chi connectivity index (χ0n) is 17.0. The van der Waals surface area contributed by atoms with Gasteiger partial charge in [-0.15, -0.1) is 0 Å². The molecule has 1 aromatic carbocycles. The smallest absolute Gasteiger partial charge is 0.276 e. The number of aryl methyl sites for hydroxylation is 4. The molecule has 28 heavy (non-hydrogen) atoms. The molecule has 0 aliphatic rings. The highest BCUT2D eigenvalue weighted by molar-refractivity contribution is 5.93. The van der Waals surface area contributed by atoms with Gasteiger partial charge in [0.05, 0.1) is 17.8 Å². The van der Waals surface area contributed by atoms with Gasteiger partial charge in [-0.2, -0.15) is 5.10 Å². The normalized spacial score (nSPS) is 10.9. The fraction of sp³-hybridized carbons (Fsp3) is 0.381. The molecule has 0 aliphatic heterocycles. The molecule has 7 heteroatoms. The van der Waals surface area contributed by atoms with Gasteiger partial charge in [-0.3, -0.25) is 9.48 Å².